The van der Waals surface area contributed by atoms with E-state index in [-0.39, 0.29) is 0 Å². The summed E-state index contributed by atoms with van der Waals surface area (Å²) in [5.41, 5.74) is 0. The van der Waals surface area contributed by atoms with Crippen LogP contribution in [-0.2, 0) is 0 Å². The number of rotatable bonds is 10. The maximum absolute atomic E-state index is 2.36. The SMILES string of the molecule is CC/C=C/CCCCC/C=C/CCCC. The zero-order chi connectivity index (χ0) is 11.2. The molecule has 0 rings (SSSR count). The molecule has 0 aromatic rings. The molecule has 0 heteroatoms. The molecule has 0 saturated heterocycles. The van der Waals surface area contributed by atoms with Gasteiger partial charge in [-0.15, -0.1) is 0 Å². The molecule has 0 bridgehead atoms. The minimum Gasteiger partial charge on any atom is -0.0888 e. The standard InChI is InChI=1S/C15H28/c1-3-5-7-9-11-13-15-14-12-10-8-6-4-2/h5,7,10,12H,3-4,6,8-9,11,13-15H2,1-2H3/b7-5+,12-10+. The van der Waals surface area contributed by atoms with E-state index in [9.17, 15) is 0 Å². The van der Waals surface area contributed by atoms with Crippen LogP contribution in [0.1, 0.15) is 71.6 Å². The Labute approximate surface area is 96.5 Å². The Morgan fingerprint density at radius 2 is 1.13 bits per heavy atom. The Hall–Kier alpha value is -0.520. The molecule has 0 nitrogen and oxygen atoms in total. The average molecular weight is 208 g/mol. The highest BCUT2D eigenvalue weighted by Crippen LogP contribution is 2.05. The Morgan fingerprint density at radius 1 is 0.600 bits per heavy atom. The first kappa shape index (κ1) is 14.5. The zero-order valence-electron chi connectivity index (χ0n) is 10.7. The second-order valence-electron chi connectivity index (χ2n) is 4.13. The van der Waals surface area contributed by atoms with Gasteiger partial charge in [-0.3, -0.25) is 0 Å². The fourth-order valence-electron chi connectivity index (χ4n) is 1.54. The minimum atomic E-state index is 1.18. The lowest BCUT2D eigenvalue weighted by atomic mass is 10.1. The van der Waals surface area contributed by atoms with Crippen LogP contribution < -0.4 is 0 Å². The Kier molecular flexibility index (Phi) is 13.0. The molecule has 0 aliphatic carbocycles. The van der Waals surface area contributed by atoms with Gasteiger partial charge in [-0.2, -0.15) is 0 Å². The van der Waals surface area contributed by atoms with Crippen molar-refractivity contribution in [2.75, 3.05) is 0 Å². The number of hydrogen-bond acceptors (Lipinski definition) is 0. The van der Waals surface area contributed by atoms with Crippen molar-refractivity contribution in [1.29, 1.82) is 0 Å². The van der Waals surface area contributed by atoms with E-state index >= 15 is 0 Å². The highest BCUT2D eigenvalue weighted by Gasteiger charge is 1.85. The molecule has 0 unspecified atom stereocenters. The summed E-state index contributed by atoms with van der Waals surface area (Å²) in [4.78, 5) is 0. The highest BCUT2D eigenvalue weighted by atomic mass is 13.9. The van der Waals surface area contributed by atoms with Crippen molar-refractivity contribution in [1.82, 2.24) is 0 Å². The minimum absolute atomic E-state index is 1.18. The lowest BCUT2D eigenvalue weighted by molar-refractivity contribution is 0.693. The first-order valence-corrected chi connectivity index (χ1v) is 6.71. The predicted molar refractivity (Wildman–Crippen MR) is 71.2 cm³/mol. The van der Waals surface area contributed by atoms with Gasteiger partial charge in [0, 0.05) is 0 Å². The van der Waals surface area contributed by atoms with Crippen LogP contribution in [0.15, 0.2) is 24.3 Å². The molecule has 0 aromatic heterocycles. The Morgan fingerprint density at radius 3 is 1.67 bits per heavy atom. The molecule has 0 fully saturated rings. The predicted octanol–water partition coefficient (Wildman–Crippen LogP) is 5.65. The van der Waals surface area contributed by atoms with Gasteiger partial charge in [0.1, 0.15) is 0 Å². The van der Waals surface area contributed by atoms with Gasteiger partial charge in [-0.05, 0) is 38.5 Å². The second kappa shape index (κ2) is 13.5. The fourth-order valence-corrected chi connectivity index (χ4v) is 1.54. The first-order chi connectivity index (χ1) is 7.41. The molecule has 0 atom stereocenters. The summed E-state index contributed by atoms with van der Waals surface area (Å²) >= 11 is 0. The van der Waals surface area contributed by atoms with Crippen LogP contribution >= 0.6 is 0 Å². The van der Waals surface area contributed by atoms with Crippen molar-refractivity contribution in [3.8, 4) is 0 Å². The van der Waals surface area contributed by atoms with E-state index in [0.717, 1.165) is 0 Å². The lowest BCUT2D eigenvalue weighted by Gasteiger charge is -1.95. The average Bonchev–Trinajstić information content (AvgIpc) is 2.26. The molecule has 0 spiro atoms. The third-order valence-electron chi connectivity index (χ3n) is 2.53. The summed E-state index contributed by atoms with van der Waals surface area (Å²) in [7, 11) is 0. The Bertz CT molecular complexity index is 153. The van der Waals surface area contributed by atoms with E-state index in [1.807, 2.05) is 0 Å². The molecule has 0 amide bonds. The van der Waals surface area contributed by atoms with Crippen LogP contribution in [0.5, 0.6) is 0 Å². The molecule has 0 saturated carbocycles. The third-order valence-corrected chi connectivity index (χ3v) is 2.53. The molecular formula is C15H28. The van der Waals surface area contributed by atoms with Crippen molar-refractivity contribution >= 4 is 0 Å². The van der Waals surface area contributed by atoms with E-state index in [1.54, 1.807) is 0 Å². The molecule has 0 aliphatic heterocycles. The second-order valence-corrected chi connectivity index (χ2v) is 4.13. The maximum atomic E-state index is 2.36. The van der Waals surface area contributed by atoms with Crippen molar-refractivity contribution < 1.29 is 0 Å². The van der Waals surface area contributed by atoms with Crippen molar-refractivity contribution in [2.45, 2.75) is 71.6 Å². The summed E-state index contributed by atoms with van der Waals surface area (Å²) in [5, 5.41) is 0. The largest absolute Gasteiger partial charge is 0.0888 e. The molecule has 0 N–H and O–H groups in total. The van der Waals surface area contributed by atoms with E-state index in [2.05, 4.69) is 38.2 Å². The first-order valence-electron chi connectivity index (χ1n) is 6.71. The summed E-state index contributed by atoms with van der Waals surface area (Å²) < 4.78 is 0. The number of allylic oxidation sites excluding steroid dienone is 4. The van der Waals surface area contributed by atoms with Gasteiger partial charge in [-0.25, -0.2) is 0 Å². The van der Waals surface area contributed by atoms with Crippen LogP contribution in [0.3, 0.4) is 0 Å². The number of hydrogen-bond donors (Lipinski definition) is 0. The monoisotopic (exact) mass is 208 g/mol. The van der Waals surface area contributed by atoms with Gasteiger partial charge in [-0.1, -0.05) is 57.4 Å². The highest BCUT2D eigenvalue weighted by molar-refractivity contribution is 4.82. The normalized spacial score (nSPS) is 11.9. The van der Waals surface area contributed by atoms with Gasteiger partial charge in [0.2, 0.25) is 0 Å². The van der Waals surface area contributed by atoms with Gasteiger partial charge >= 0.3 is 0 Å². The molecular weight excluding hydrogens is 180 g/mol. The van der Waals surface area contributed by atoms with Gasteiger partial charge in [0.25, 0.3) is 0 Å². The maximum Gasteiger partial charge on any atom is -0.0351 e. The topological polar surface area (TPSA) is 0 Å². The van der Waals surface area contributed by atoms with E-state index in [4.69, 9.17) is 0 Å². The van der Waals surface area contributed by atoms with Crippen LogP contribution in [-0.4, -0.2) is 0 Å². The molecule has 0 radical (unpaired) electrons. The van der Waals surface area contributed by atoms with Crippen LogP contribution in [0.2, 0.25) is 0 Å². The lowest BCUT2D eigenvalue weighted by Crippen LogP contribution is -1.75. The van der Waals surface area contributed by atoms with Crippen LogP contribution in [0.4, 0.5) is 0 Å². The molecule has 88 valence electrons. The summed E-state index contributed by atoms with van der Waals surface area (Å²) in [5.74, 6) is 0. The van der Waals surface area contributed by atoms with E-state index in [0.29, 0.717) is 0 Å². The Balaban J connectivity index is 3.04. The summed E-state index contributed by atoms with van der Waals surface area (Å²) in [6.45, 7) is 4.44. The summed E-state index contributed by atoms with van der Waals surface area (Å²) in [6, 6.07) is 0. The van der Waals surface area contributed by atoms with Crippen molar-refractivity contribution in [3.05, 3.63) is 24.3 Å². The molecule has 0 heterocycles. The molecule has 15 heavy (non-hydrogen) atoms. The smallest absolute Gasteiger partial charge is 0.0351 e. The third kappa shape index (κ3) is 13.5. The summed E-state index contributed by atoms with van der Waals surface area (Å²) in [6.07, 6.45) is 21.1. The van der Waals surface area contributed by atoms with Gasteiger partial charge < -0.3 is 0 Å². The van der Waals surface area contributed by atoms with Gasteiger partial charge in [0.05, 0.1) is 0 Å². The fraction of sp³-hybridized carbons (Fsp3) is 0.733. The number of unbranched alkanes of at least 4 members (excludes halogenated alkanes) is 6. The zero-order valence-corrected chi connectivity index (χ0v) is 10.7. The van der Waals surface area contributed by atoms with Crippen LogP contribution in [0.25, 0.3) is 0 Å². The quantitative estimate of drug-likeness (QED) is 0.321. The van der Waals surface area contributed by atoms with E-state index < -0.39 is 0 Å². The van der Waals surface area contributed by atoms with Gasteiger partial charge in [0.15, 0.2) is 0 Å². The van der Waals surface area contributed by atoms with Crippen molar-refractivity contribution in [3.63, 3.8) is 0 Å². The van der Waals surface area contributed by atoms with Crippen molar-refractivity contribution in [2.24, 2.45) is 0 Å². The van der Waals surface area contributed by atoms with Crippen LogP contribution in [0, 0.1) is 0 Å². The van der Waals surface area contributed by atoms with E-state index in [1.165, 1.54) is 57.8 Å². The molecule has 0 aromatic carbocycles. The molecule has 0 aliphatic rings.